The van der Waals surface area contributed by atoms with E-state index in [2.05, 4.69) is 4.98 Å². The molecule has 0 aromatic carbocycles. The van der Waals surface area contributed by atoms with Crippen molar-refractivity contribution in [2.75, 3.05) is 0 Å². The van der Waals surface area contributed by atoms with Crippen LogP contribution in [0.15, 0.2) is 12.3 Å². The summed E-state index contributed by atoms with van der Waals surface area (Å²) in [5.41, 5.74) is 0.490. The molecule has 3 rings (SSSR count). The summed E-state index contributed by atoms with van der Waals surface area (Å²) in [6, 6.07) is 1.38. The van der Waals surface area contributed by atoms with Crippen molar-refractivity contribution in [1.29, 1.82) is 5.41 Å². The molecule has 0 atom stereocenters. The highest BCUT2D eigenvalue weighted by atomic mass is 19.4. The van der Waals surface area contributed by atoms with Crippen LogP contribution in [-0.4, -0.2) is 22.5 Å². The summed E-state index contributed by atoms with van der Waals surface area (Å²) < 4.78 is 42.8. The normalized spacial score (nSPS) is 20.7. The van der Waals surface area contributed by atoms with Gasteiger partial charge in [0.1, 0.15) is 5.60 Å². The van der Waals surface area contributed by atoms with Crippen LogP contribution >= 0.6 is 0 Å². The van der Waals surface area contributed by atoms with Gasteiger partial charge in [-0.15, -0.1) is 0 Å². The summed E-state index contributed by atoms with van der Waals surface area (Å²) in [7, 11) is 0. The topological polar surface area (TPSA) is 46.0 Å². The largest absolute Gasteiger partial charge is 0.470 e. The van der Waals surface area contributed by atoms with Crippen molar-refractivity contribution >= 4 is 5.71 Å². The molecule has 19 heavy (non-hydrogen) atoms. The molecule has 2 aliphatic rings. The second-order valence-corrected chi connectivity index (χ2v) is 5.28. The molecule has 0 unspecified atom stereocenters. The third-order valence-corrected chi connectivity index (χ3v) is 3.71. The molecule has 1 aliphatic heterocycles. The van der Waals surface area contributed by atoms with Gasteiger partial charge in [0.05, 0.1) is 12.0 Å². The highest BCUT2D eigenvalue weighted by molar-refractivity contribution is 6.02. The van der Waals surface area contributed by atoms with E-state index in [1.165, 1.54) is 12.3 Å². The number of hydrogen-bond acceptors (Lipinski definition) is 3. The van der Waals surface area contributed by atoms with Gasteiger partial charge in [-0.25, -0.2) is 4.98 Å². The fourth-order valence-electron chi connectivity index (χ4n) is 2.63. The van der Waals surface area contributed by atoms with E-state index in [9.17, 15) is 13.2 Å². The van der Waals surface area contributed by atoms with Crippen LogP contribution in [0.2, 0.25) is 0 Å². The molecule has 1 N–H and O–H groups in total. The van der Waals surface area contributed by atoms with Crippen LogP contribution in [0.25, 0.3) is 0 Å². The maximum absolute atomic E-state index is 12.3. The fourth-order valence-corrected chi connectivity index (χ4v) is 2.63. The first kappa shape index (κ1) is 12.4. The standard InChI is InChI=1S/C13H13F3N2O/c14-13(15,16)5-8-4-9-10(17)6-12(2-1-3-12)19-11(9)18-7-8/h4,7,17H,1-3,5-6H2. The molecular weight excluding hydrogens is 257 g/mol. The van der Waals surface area contributed by atoms with Crippen LogP contribution in [0.1, 0.15) is 36.8 Å². The average molecular weight is 270 g/mol. The smallest absolute Gasteiger partial charge is 0.393 e. The molecule has 0 bridgehead atoms. The van der Waals surface area contributed by atoms with Gasteiger partial charge in [0, 0.05) is 18.3 Å². The van der Waals surface area contributed by atoms with E-state index in [4.69, 9.17) is 10.1 Å². The number of halogens is 3. The Kier molecular flexibility index (Phi) is 2.59. The van der Waals surface area contributed by atoms with Crippen molar-refractivity contribution in [3.8, 4) is 5.88 Å². The van der Waals surface area contributed by atoms with Crippen molar-refractivity contribution in [2.45, 2.75) is 43.9 Å². The van der Waals surface area contributed by atoms with Crippen molar-refractivity contribution in [1.82, 2.24) is 4.98 Å². The Bertz CT molecular complexity index is 535. The molecule has 1 fully saturated rings. The number of pyridine rings is 1. The van der Waals surface area contributed by atoms with Crippen LogP contribution in [0.3, 0.4) is 0 Å². The van der Waals surface area contributed by atoms with Gasteiger partial charge in [0.25, 0.3) is 0 Å². The van der Waals surface area contributed by atoms with Gasteiger partial charge in [-0.1, -0.05) is 0 Å². The van der Waals surface area contributed by atoms with Gasteiger partial charge in [-0.05, 0) is 30.9 Å². The molecule has 1 aromatic rings. The Morgan fingerprint density at radius 1 is 1.37 bits per heavy atom. The maximum atomic E-state index is 12.3. The predicted octanol–water partition coefficient (Wildman–Crippen LogP) is 3.26. The van der Waals surface area contributed by atoms with Crippen LogP contribution in [-0.2, 0) is 6.42 Å². The summed E-state index contributed by atoms with van der Waals surface area (Å²) in [6.07, 6.45) is -0.778. The Labute approximate surface area is 108 Å². The summed E-state index contributed by atoms with van der Waals surface area (Å²) >= 11 is 0. The molecule has 0 radical (unpaired) electrons. The van der Waals surface area contributed by atoms with Crippen molar-refractivity contribution in [2.24, 2.45) is 0 Å². The van der Waals surface area contributed by atoms with E-state index >= 15 is 0 Å². The van der Waals surface area contributed by atoms with E-state index in [0.717, 1.165) is 19.3 Å². The van der Waals surface area contributed by atoms with Crippen LogP contribution in [0.5, 0.6) is 5.88 Å². The number of fused-ring (bicyclic) bond motifs is 1. The van der Waals surface area contributed by atoms with Gasteiger partial charge in [-0.2, -0.15) is 13.2 Å². The number of ether oxygens (including phenoxy) is 1. The third-order valence-electron chi connectivity index (χ3n) is 3.71. The van der Waals surface area contributed by atoms with Crippen molar-refractivity contribution in [3.05, 3.63) is 23.4 Å². The van der Waals surface area contributed by atoms with Crippen molar-refractivity contribution in [3.63, 3.8) is 0 Å². The van der Waals surface area contributed by atoms with Gasteiger partial charge >= 0.3 is 6.18 Å². The van der Waals surface area contributed by atoms with E-state index in [1.54, 1.807) is 0 Å². The quantitative estimate of drug-likeness (QED) is 0.851. The van der Waals surface area contributed by atoms with E-state index in [0.29, 0.717) is 23.6 Å². The molecule has 0 saturated heterocycles. The Morgan fingerprint density at radius 3 is 2.68 bits per heavy atom. The molecule has 1 aliphatic carbocycles. The summed E-state index contributed by atoms with van der Waals surface area (Å²) in [4.78, 5) is 3.97. The van der Waals surface area contributed by atoms with Gasteiger partial charge in [0.2, 0.25) is 5.88 Å². The Morgan fingerprint density at radius 2 is 2.11 bits per heavy atom. The summed E-state index contributed by atoms with van der Waals surface area (Å²) in [5.74, 6) is 0.307. The summed E-state index contributed by atoms with van der Waals surface area (Å²) in [5, 5.41) is 7.99. The lowest BCUT2D eigenvalue weighted by Gasteiger charge is -2.44. The van der Waals surface area contributed by atoms with E-state index in [1.807, 2.05) is 0 Å². The van der Waals surface area contributed by atoms with Crippen molar-refractivity contribution < 1.29 is 17.9 Å². The number of rotatable bonds is 1. The first-order valence-corrected chi connectivity index (χ1v) is 6.19. The summed E-state index contributed by atoms with van der Waals surface area (Å²) in [6.45, 7) is 0. The minimum atomic E-state index is -4.26. The lowest BCUT2D eigenvalue weighted by molar-refractivity contribution is -0.127. The number of nitrogens with one attached hydrogen (secondary N) is 1. The molecule has 3 nitrogen and oxygen atoms in total. The van der Waals surface area contributed by atoms with Gasteiger partial charge in [0.15, 0.2) is 0 Å². The lowest BCUT2D eigenvalue weighted by atomic mass is 9.74. The zero-order valence-electron chi connectivity index (χ0n) is 10.2. The molecule has 6 heteroatoms. The first-order valence-electron chi connectivity index (χ1n) is 6.19. The lowest BCUT2D eigenvalue weighted by Crippen LogP contribution is -2.48. The molecule has 2 heterocycles. The number of alkyl halides is 3. The minimum absolute atomic E-state index is 0.0733. The second kappa shape index (κ2) is 3.95. The Hall–Kier alpha value is -1.59. The maximum Gasteiger partial charge on any atom is 0.393 e. The average Bonchev–Trinajstić information content (AvgIpc) is 2.25. The molecule has 1 aromatic heterocycles. The minimum Gasteiger partial charge on any atom is -0.470 e. The van der Waals surface area contributed by atoms with E-state index in [-0.39, 0.29) is 11.2 Å². The highest BCUT2D eigenvalue weighted by Crippen LogP contribution is 2.44. The van der Waals surface area contributed by atoms with E-state index < -0.39 is 12.6 Å². The van der Waals surface area contributed by atoms with Crippen LogP contribution in [0.4, 0.5) is 13.2 Å². The van der Waals surface area contributed by atoms with Crippen LogP contribution in [0, 0.1) is 5.41 Å². The van der Waals surface area contributed by atoms with Crippen LogP contribution < -0.4 is 4.74 Å². The molecule has 102 valence electrons. The second-order valence-electron chi connectivity index (χ2n) is 5.28. The zero-order valence-corrected chi connectivity index (χ0v) is 10.2. The monoisotopic (exact) mass is 270 g/mol. The first-order chi connectivity index (χ1) is 8.87. The highest BCUT2D eigenvalue weighted by Gasteiger charge is 2.44. The fraction of sp³-hybridized carbons (Fsp3) is 0.538. The predicted molar refractivity (Wildman–Crippen MR) is 62.7 cm³/mol. The molecule has 1 saturated carbocycles. The number of nitrogens with zero attached hydrogens (tertiary/aromatic N) is 1. The molecule has 1 spiro atoms. The SMILES string of the molecule is N=C1CC2(CCC2)Oc2ncc(CC(F)(F)F)cc21. The van der Waals surface area contributed by atoms with Gasteiger partial charge < -0.3 is 10.1 Å². The van der Waals surface area contributed by atoms with Gasteiger partial charge in [-0.3, -0.25) is 0 Å². The Balaban J connectivity index is 1.89. The number of aromatic nitrogens is 1. The number of hydrogen-bond donors (Lipinski definition) is 1. The third kappa shape index (κ3) is 2.31. The molecular formula is C13H13F3N2O. The molecule has 0 amide bonds. The zero-order chi connectivity index (χ0) is 13.7.